The van der Waals surface area contributed by atoms with Gasteiger partial charge >= 0.3 is 0 Å². The normalized spacial score (nSPS) is 11.0. The van der Waals surface area contributed by atoms with Gasteiger partial charge < -0.3 is 15.0 Å². The van der Waals surface area contributed by atoms with Gasteiger partial charge in [0.05, 0.1) is 10.0 Å². The summed E-state index contributed by atoms with van der Waals surface area (Å²) in [4.78, 5) is 14.5. The Kier molecular flexibility index (Phi) is 8.22. The molecule has 0 atom stereocenters. The summed E-state index contributed by atoms with van der Waals surface area (Å²) in [7, 11) is 0. The molecule has 0 radical (unpaired) electrons. The van der Waals surface area contributed by atoms with E-state index in [0.29, 0.717) is 28.0 Å². The average Bonchev–Trinajstić information content (AvgIpc) is 3.10. The molecule has 1 heterocycles. The number of hydrogen-bond donors (Lipinski definition) is 1. The Morgan fingerprint density at radius 2 is 1.92 bits per heavy atom. The standard InChI is InChI=1S/C18H24Cl2N4O2/c1-3-23(4-2)11-6-10-21-18(25)16-9-12-24(22-16)13-26-17-14(19)7-5-8-15(17)20/h5,7-9,12H,3-4,6,10-11,13H2,1-2H3,(H,21,25). The van der Waals surface area contributed by atoms with Crippen LogP contribution in [0.3, 0.4) is 0 Å². The summed E-state index contributed by atoms with van der Waals surface area (Å²) in [5.74, 6) is 0.202. The first kappa shape index (κ1) is 20.6. The number of nitrogens with zero attached hydrogens (tertiary/aromatic N) is 3. The van der Waals surface area contributed by atoms with Crippen molar-refractivity contribution in [3.63, 3.8) is 0 Å². The van der Waals surface area contributed by atoms with Crippen molar-refractivity contribution in [3.8, 4) is 5.75 Å². The molecule has 2 rings (SSSR count). The lowest BCUT2D eigenvalue weighted by Crippen LogP contribution is -2.30. The first-order valence-corrected chi connectivity index (χ1v) is 9.41. The zero-order valence-electron chi connectivity index (χ0n) is 15.0. The molecule has 1 amide bonds. The first-order valence-electron chi connectivity index (χ1n) is 8.66. The van der Waals surface area contributed by atoms with Crippen LogP contribution in [0.4, 0.5) is 0 Å². The highest BCUT2D eigenvalue weighted by atomic mass is 35.5. The molecule has 2 aromatic rings. The quantitative estimate of drug-likeness (QED) is 0.619. The zero-order chi connectivity index (χ0) is 18.9. The van der Waals surface area contributed by atoms with E-state index in [1.807, 2.05) is 0 Å². The first-order chi connectivity index (χ1) is 12.5. The van der Waals surface area contributed by atoms with Crippen LogP contribution < -0.4 is 10.1 Å². The molecule has 0 spiro atoms. The van der Waals surface area contributed by atoms with Gasteiger partial charge in [-0.2, -0.15) is 5.10 Å². The second-order valence-corrected chi connectivity index (χ2v) is 6.52. The number of rotatable bonds is 10. The third kappa shape index (κ3) is 5.90. The average molecular weight is 399 g/mol. The molecule has 1 aromatic heterocycles. The van der Waals surface area contributed by atoms with Gasteiger partial charge in [-0.05, 0) is 44.3 Å². The SMILES string of the molecule is CCN(CC)CCCNC(=O)c1ccn(COc2c(Cl)cccc2Cl)n1. The van der Waals surface area contributed by atoms with Crippen LogP contribution in [0, 0.1) is 0 Å². The Bertz CT molecular complexity index is 697. The Labute approximate surface area is 164 Å². The summed E-state index contributed by atoms with van der Waals surface area (Å²) in [5, 5.41) is 7.95. The van der Waals surface area contributed by atoms with Crippen LogP contribution in [0.25, 0.3) is 0 Å². The summed E-state index contributed by atoms with van der Waals surface area (Å²) in [6.45, 7) is 7.99. The number of carbonyl (C=O) groups excluding carboxylic acids is 1. The molecule has 0 fully saturated rings. The third-order valence-electron chi connectivity index (χ3n) is 3.96. The van der Waals surface area contributed by atoms with Crippen molar-refractivity contribution in [3.05, 3.63) is 46.2 Å². The molecule has 0 aliphatic heterocycles. The maximum atomic E-state index is 12.1. The van der Waals surface area contributed by atoms with Crippen molar-refractivity contribution in [2.75, 3.05) is 26.2 Å². The van der Waals surface area contributed by atoms with Gasteiger partial charge in [0.1, 0.15) is 5.69 Å². The van der Waals surface area contributed by atoms with Crippen molar-refractivity contribution in [2.24, 2.45) is 0 Å². The fraction of sp³-hybridized carbons (Fsp3) is 0.444. The highest BCUT2D eigenvalue weighted by Gasteiger charge is 2.11. The number of aromatic nitrogens is 2. The Hall–Kier alpha value is -1.76. The van der Waals surface area contributed by atoms with Gasteiger partial charge in [-0.25, -0.2) is 4.68 Å². The minimum atomic E-state index is -0.195. The van der Waals surface area contributed by atoms with Crippen LogP contribution in [0.5, 0.6) is 5.75 Å². The van der Waals surface area contributed by atoms with Crippen LogP contribution >= 0.6 is 23.2 Å². The fourth-order valence-corrected chi connectivity index (χ4v) is 2.95. The van der Waals surface area contributed by atoms with Crippen LogP contribution in [0.15, 0.2) is 30.5 Å². The summed E-state index contributed by atoms with van der Waals surface area (Å²) < 4.78 is 7.11. The summed E-state index contributed by atoms with van der Waals surface area (Å²) >= 11 is 12.1. The highest BCUT2D eigenvalue weighted by Crippen LogP contribution is 2.32. The van der Waals surface area contributed by atoms with E-state index in [2.05, 4.69) is 29.2 Å². The molecule has 0 saturated heterocycles. The van der Waals surface area contributed by atoms with Crippen LogP contribution in [-0.2, 0) is 6.73 Å². The number of amides is 1. The van der Waals surface area contributed by atoms with E-state index in [4.69, 9.17) is 27.9 Å². The molecule has 0 aliphatic carbocycles. The van der Waals surface area contributed by atoms with Crippen molar-refractivity contribution < 1.29 is 9.53 Å². The molecule has 0 bridgehead atoms. The monoisotopic (exact) mass is 398 g/mol. The zero-order valence-corrected chi connectivity index (χ0v) is 16.6. The molecular formula is C18H24Cl2N4O2. The van der Waals surface area contributed by atoms with Gasteiger partial charge in [-0.15, -0.1) is 0 Å². The predicted octanol–water partition coefficient (Wildman–Crippen LogP) is 3.69. The molecule has 0 unspecified atom stereocenters. The molecule has 0 aliphatic rings. The van der Waals surface area contributed by atoms with Crippen LogP contribution in [0.2, 0.25) is 10.0 Å². The molecular weight excluding hydrogens is 375 g/mol. The number of para-hydroxylation sites is 1. The van der Waals surface area contributed by atoms with Gasteiger partial charge in [-0.1, -0.05) is 43.1 Å². The van der Waals surface area contributed by atoms with Crippen molar-refractivity contribution in [1.82, 2.24) is 20.0 Å². The molecule has 142 valence electrons. The number of hydrogen-bond acceptors (Lipinski definition) is 4. The van der Waals surface area contributed by atoms with Gasteiger partial charge in [0.25, 0.3) is 5.91 Å². The van der Waals surface area contributed by atoms with E-state index < -0.39 is 0 Å². The van der Waals surface area contributed by atoms with E-state index in [1.54, 1.807) is 30.5 Å². The molecule has 8 heteroatoms. The maximum absolute atomic E-state index is 12.1. The van der Waals surface area contributed by atoms with E-state index >= 15 is 0 Å². The minimum absolute atomic E-state index is 0.110. The lowest BCUT2D eigenvalue weighted by molar-refractivity contribution is 0.0944. The molecule has 0 saturated carbocycles. The predicted molar refractivity (Wildman–Crippen MR) is 104 cm³/mol. The van der Waals surface area contributed by atoms with Gasteiger partial charge in [0.15, 0.2) is 12.5 Å². The molecule has 6 nitrogen and oxygen atoms in total. The lowest BCUT2D eigenvalue weighted by Gasteiger charge is -2.17. The van der Waals surface area contributed by atoms with Crippen LogP contribution in [0.1, 0.15) is 30.8 Å². The number of carbonyl (C=O) groups is 1. The van der Waals surface area contributed by atoms with E-state index in [9.17, 15) is 4.79 Å². The Balaban J connectivity index is 1.80. The fourth-order valence-electron chi connectivity index (χ4n) is 2.44. The van der Waals surface area contributed by atoms with Crippen molar-refractivity contribution in [1.29, 1.82) is 0 Å². The molecule has 1 aromatic carbocycles. The van der Waals surface area contributed by atoms with Gasteiger partial charge in [0.2, 0.25) is 0 Å². The maximum Gasteiger partial charge on any atom is 0.271 e. The van der Waals surface area contributed by atoms with E-state index in [1.165, 1.54) is 4.68 Å². The largest absolute Gasteiger partial charge is 0.468 e. The number of ether oxygens (including phenoxy) is 1. The molecule has 1 N–H and O–H groups in total. The second kappa shape index (κ2) is 10.4. The highest BCUT2D eigenvalue weighted by molar-refractivity contribution is 6.37. The smallest absolute Gasteiger partial charge is 0.271 e. The Morgan fingerprint density at radius 1 is 1.23 bits per heavy atom. The van der Waals surface area contributed by atoms with Crippen molar-refractivity contribution in [2.45, 2.75) is 27.0 Å². The summed E-state index contributed by atoms with van der Waals surface area (Å²) in [6.07, 6.45) is 2.58. The van der Waals surface area contributed by atoms with Gasteiger partial charge in [0, 0.05) is 12.7 Å². The number of benzene rings is 1. The number of halogens is 2. The molecule has 26 heavy (non-hydrogen) atoms. The van der Waals surface area contributed by atoms with Crippen LogP contribution in [-0.4, -0.2) is 46.8 Å². The van der Waals surface area contributed by atoms with E-state index in [0.717, 1.165) is 26.1 Å². The minimum Gasteiger partial charge on any atom is -0.468 e. The van der Waals surface area contributed by atoms with Gasteiger partial charge in [-0.3, -0.25) is 4.79 Å². The topological polar surface area (TPSA) is 59.4 Å². The van der Waals surface area contributed by atoms with E-state index in [-0.39, 0.29) is 12.6 Å². The second-order valence-electron chi connectivity index (χ2n) is 5.70. The third-order valence-corrected chi connectivity index (χ3v) is 4.56. The van der Waals surface area contributed by atoms with Crippen molar-refractivity contribution >= 4 is 29.1 Å². The summed E-state index contributed by atoms with van der Waals surface area (Å²) in [5.41, 5.74) is 0.349. The summed E-state index contributed by atoms with van der Waals surface area (Å²) in [6, 6.07) is 6.79. The lowest BCUT2D eigenvalue weighted by atomic mass is 10.3. The number of nitrogens with one attached hydrogen (secondary N) is 1. The Morgan fingerprint density at radius 3 is 2.58 bits per heavy atom.